The van der Waals surface area contributed by atoms with Crippen LogP contribution >= 0.6 is 0 Å². The predicted molar refractivity (Wildman–Crippen MR) is 68.2 cm³/mol. The van der Waals surface area contributed by atoms with Gasteiger partial charge in [0.25, 0.3) is 0 Å². The molecule has 0 aromatic heterocycles. The van der Waals surface area contributed by atoms with Crippen LogP contribution in [-0.2, 0) is 9.53 Å². The Balaban J connectivity index is 2.12. The van der Waals surface area contributed by atoms with Crippen LogP contribution in [0.5, 0.6) is 0 Å². The molecule has 18 heavy (non-hydrogen) atoms. The molecule has 2 rings (SSSR count). The Morgan fingerprint density at radius 3 is 2.44 bits per heavy atom. The zero-order valence-electron chi connectivity index (χ0n) is 11.7. The summed E-state index contributed by atoms with van der Waals surface area (Å²) in [5.74, 6) is 0.941. The summed E-state index contributed by atoms with van der Waals surface area (Å²) in [6.07, 6.45) is 3.04. The molecule has 1 saturated heterocycles. The van der Waals surface area contributed by atoms with Crippen molar-refractivity contribution in [3.05, 3.63) is 0 Å². The molecule has 2 fully saturated rings. The number of rotatable bonds is 1. The molecule has 0 N–H and O–H groups in total. The van der Waals surface area contributed by atoms with Gasteiger partial charge in [-0.2, -0.15) is 0 Å². The fourth-order valence-corrected chi connectivity index (χ4v) is 3.33. The summed E-state index contributed by atoms with van der Waals surface area (Å²) in [4.78, 5) is 25.6. The first kappa shape index (κ1) is 13.4. The lowest BCUT2D eigenvalue weighted by atomic mass is 9.92. The largest absolute Gasteiger partial charge is 0.444 e. The van der Waals surface area contributed by atoms with E-state index in [2.05, 4.69) is 0 Å². The van der Waals surface area contributed by atoms with Gasteiger partial charge in [-0.05, 0) is 52.4 Å². The summed E-state index contributed by atoms with van der Waals surface area (Å²) in [6.45, 7) is 7.83. The van der Waals surface area contributed by atoms with Crippen LogP contribution in [0.25, 0.3) is 0 Å². The first-order valence-electron chi connectivity index (χ1n) is 6.79. The second kappa shape index (κ2) is 4.56. The van der Waals surface area contributed by atoms with Crippen molar-refractivity contribution in [2.75, 3.05) is 6.54 Å². The summed E-state index contributed by atoms with van der Waals surface area (Å²) in [5.41, 5.74) is -0.504. The Hall–Kier alpha value is -1.06. The Kier molecular flexibility index (Phi) is 3.39. The van der Waals surface area contributed by atoms with Crippen molar-refractivity contribution >= 4 is 11.9 Å². The molecule has 0 bridgehead atoms. The monoisotopic (exact) mass is 253 g/mol. The third-order valence-electron chi connectivity index (χ3n) is 3.93. The lowest BCUT2D eigenvalue weighted by Gasteiger charge is -2.29. The fourth-order valence-electron chi connectivity index (χ4n) is 3.33. The van der Waals surface area contributed by atoms with Gasteiger partial charge in [0, 0.05) is 6.54 Å². The third kappa shape index (κ3) is 2.52. The van der Waals surface area contributed by atoms with E-state index in [9.17, 15) is 9.59 Å². The fraction of sp³-hybridized carbons (Fsp3) is 0.857. The number of ketones is 1. The number of Topliss-reactive ketones (excluding diaryl/α,β-unsaturated/α-hetero) is 1. The molecule has 102 valence electrons. The Bertz CT molecular complexity index is 359. The minimum Gasteiger partial charge on any atom is -0.444 e. The Labute approximate surface area is 109 Å². The average Bonchev–Trinajstić information content (AvgIpc) is 2.70. The minimum atomic E-state index is -0.504. The van der Waals surface area contributed by atoms with E-state index in [1.54, 1.807) is 11.8 Å². The second-order valence-electron chi connectivity index (χ2n) is 6.54. The van der Waals surface area contributed by atoms with Crippen molar-refractivity contribution in [2.24, 2.45) is 11.8 Å². The van der Waals surface area contributed by atoms with Crippen LogP contribution in [0.4, 0.5) is 4.79 Å². The maximum Gasteiger partial charge on any atom is 0.410 e. The third-order valence-corrected chi connectivity index (χ3v) is 3.93. The molecule has 4 heteroatoms. The SMILES string of the molecule is CC(=O)C1C2CCCC2CN1C(=O)OC(C)(C)C. The van der Waals surface area contributed by atoms with Crippen molar-refractivity contribution in [1.82, 2.24) is 4.90 Å². The van der Waals surface area contributed by atoms with Crippen LogP contribution in [0.1, 0.15) is 47.0 Å². The predicted octanol–water partition coefficient (Wildman–Crippen LogP) is 2.61. The normalized spacial score (nSPS) is 31.3. The summed E-state index contributed by atoms with van der Waals surface area (Å²) < 4.78 is 5.40. The highest BCUT2D eigenvalue weighted by Crippen LogP contribution is 2.42. The van der Waals surface area contributed by atoms with Crippen LogP contribution in [0.2, 0.25) is 0 Å². The number of carbonyl (C=O) groups excluding carboxylic acids is 2. The average molecular weight is 253 g/mol. The topological polar surface area (TPSA) is 46.6 Å². The molecule has 1 aliphatic carbocycles. The highest BCUT2D eigenvalue weighted by Gasteiger charge is 2.49. The van der Waals surface area contributed by atoms with Crippen molar-refractivity contribution in [3.8, 4) is 0 Å². The van der Waals surface area contributed by atoms with Crippen molar-refractivity contribution in [1.29, 1.82) is 0 Å². The highest BCUT2D eigenvalue weighted by atomic mass is 16.6. The van der Waals surface area contributed by atoms with Gasteiger partial charge in [-0.25, -0.2) is 4.79 Å². The van der Waals surface area contributed by atoms with Crippen LogP contribution in [0.15, 0.2) is 0 Å². The van der Waals surface area contributed by atoms with E-state index in [1.807, 2.05) is 20.8 Å². The van der Waals surface area contributed by atoms with Crippen molar-refractivity contribution in [3.63, 3.8) is 0 Å². The number of hydrogen-bond donors (Lipinski definition) is 0. The van der Waals surface area contributed by atoms with Gasteiger partial charge in [-0.15, -0.1) is 0 Å². The van der Waals surface area contributed by atoms with E-state index in [0.29, 0.717) is 18.4 Å². The molecule has 0 aromatic rings. The number of amides is 1. The summed E-state index contributed by atoms with van der Waals surface area (Å²) in [7, 11) is 0. The molecule has 1 amide bonds. The van der Waals surface area contributed by atoms with E-state index in [4.69, 9.17) is 4.74 Å². The Morgan fingerprint density at radius 2 is 1.89 bits per heavy atom. The van der Waals surface area contributed by atoms with Gasteiger partial charge in [0.05, 0.1) is 6.04 Å². The van der Waals surface area contributed by atoms with Gasteiger partial charge in [-0.1, -0.05) is 6.42 Å². The molecular formula is C14H23NO3. The molecule has 1 heterocycles. The molecule has 2 aliphatic rings. The molecule has 4 nitrogen and oxygen atoms in total. The van der Waals surface area contributed by atoms with Crippen LogP contribution < -0.4 is 0 Å². The van der Waals surface area contributed by atoms with E-state index in [0.717, 1.165) is 12.8 Å². The van der Waals surface area contributed by atoms with Gasteiger partial charge < -0.3 is 4.74 Å². The first-order valence-corrected chi connectivity index (χ1v) is 6.79. The second-order valence-corrected chi connectivity index (χ2v) is 6.54. The number of fused-ring (bicyclic) bond motifs is 1. The standard InChI is InChI=1S/C14H23NO3/c1-9(16)12-11-7-5-6-10(11)8-15(12)13(17)18-14(2,3)4/h10-12H,5-8H2,1-4H3. The van der Waals surface area contributed by atoms with Crippen LogP contribution in [-0.4, -0.2) is 35.0 Å². The van der Waals surface area contributed by atoms with Gasteiger partial charge in [-0.3, -0.25) is 9.69 Å². The summed E-state index contributed by atoms with van der Waals surface area (Å²) >= 11 is 0. The maximum atomic E-state index is 12.2. The summed E-state index contributed by atoms with van der Waals surface area (Å²) in [5, 5.41) is 0. The van der Waals surface area contributed by atoms with E-state index in [-0.39, 0.29) is 17.9 Å². The molecule has 1 aliphatic heterocycles. The smallest absolute Gasteiger partial charge is 0.410 e. The van der Waals surface area contributed by atoms with Crippen LogP contribution in [0.3, 0.4) is 0 Å². The first-order chi connectivity index (χ1) is 8.29. The quantitative estimate of drug-likeness (QED) is 0.721. The highest BCUT2D eigenvalue weighted by molar-refractivity contribution is 5.86. The molecule has 3 atom stereocenters. The number of hydrogen-bond acceptors (Lipinski definition) is 3. The molecule has 0 spiro atoms. The minimum absolute atomic E-state index is 0.0928. The zero-order valence-corrected chi connectivity index (χ0v) is 11.7. The molecule has 0 aromatic carbocycles. The van der Waals surface area contributed by atoms with Crippen molar-refractivity contribution < 1.29 is 14.3 Å². The lowest BCUT2D eigenvalue weighted by Crippen LogP contribution is -2.44. The van der Waals surface area contributed by atoms with Gasteiger partial charge in [0.15, 0.2) is 5.78 Å². The lowest BCUT2D eigenvalue weighted by molar-refractivity contribution is -0.122. The van der Waals surface area contributed by atoms with Crippen LogP contribution in [0, 0.1) is 11.8 Å². The number of carbonyl (C=O) groups is 2. The molecule has 0 radical (unpaired) electrons. The maximum absolute atomic E-state index is 12.2. The van der Waals surface area contributed by atoms with E-state index >= 15 is 0 Å². The number of likely N-dealkylation sites (tertiary alicyclic amines) is 1. The zero-order chi connectivity index (χ0) is 13.5. The van der Waals surface area contributed by atoms with Gasteiger partial charge >= 0.3 is 6.09 Å². The van der Waals surface area contributed by atoms with Gasteiger partial charge in [0.1, 0.15) is 5.60 Å². The molecule has 3 unspecified atom stereocenters. The van der Waals surface area contributed by atoms with Gasteiger partial charge in [0.2, 0.25) is 0 Å². The number of ether oxygens (including phenoxy) is 1. The number of nitrogens with zero attached hydrogens (tertiary/aromatic N) is 1. The van der Waals surface area contributed by atoms with Crippen molar-refractivity contribution in [2.45, 2.75) is 58.6 Å². The Morgan fingerprint density at radius 1 is 1.22 bits per heavy atom. The molecule has 1 saturated carbocycles. The molecular weight excluding hydrogens is 230 g/mol. The van der Waals surface area contributed by atoms with E-state index < -0.39 is 5.60 Å². The summed E-state index contributed by atoms with van der Waals surface area (Å²) in [6, 6.07) is -0.257. The van der Waals surface area contributed by atoms with E-state index in [1.165, 1.54) is 6.42 Å².